The molecule has 0 fully saturated rings. The lowest BCUT2D eigenvalue weighted by atomic mass is 9.78. The maximum atomic E-state index is 6.22. The van der Waals surface area contributed by atoms with Crippen molar-refractivity contribution >= 4 is 5.69 Å². The van der Waals surface area contributed by atoms with Crippen molar-refractivity contribution in [3.8, 4) is 0 Å². The van der Waals surface area contributed by atoms with Crippen molar-refractivity contribution in [2.45, 2.75) is 39.3 Å². The fourth-order valence-electron chi connectivity index (χ4n) is 3.42. The van der Waals surface area contributed by atoms with E-state index in [0.717, 1.165) is 12.2 Å². The van der Waals surface area contributed by atoms with Crippen molar-refractivity contribution in [3.63, 3.8) is 0 Å². The number of nitrogens with zero attached hydrogens (tertiary/aromatic N) is 1. The highest BCUT2D eigenvalue weighted by Crippen LogP contribution is 2.39. The van der Waals surface area contributed by atoms with E-state index in [2.05, 4.69) is 63.1 Å². The van der Waals surface area contributed by atoms with Gasteiger partial charge in [-0.15, -0.1) is 0 Å². The van der Waals surface area contributed by atoms with E-state index in [1.807, 2.05) is 6.07 Å². The summed E-state index contributed by atoms with van der Waals surface area (Å²) in [6.45, 7) is 7.61. The molecule has 0 saturated heterocycles. The molecule has 1 aliphatic heterocycles. The molecule has 2 heteroatoms. The molecule has 21 heavy (non-hydrogen) atoms. The van der Waals surface area contributed by atoms with Gasteiger partial charge in [-0.05, 0) is 61.7 Å². The minimum atomic E-state index is 0.390. The molecule has 2 aromatic rings. The highest BCUT2D eigenvalue weighted by molar-refractivity contribution is 5.55. The van der Waals surface area contributed by atoms with E-state index in [9.17, 15) is 0 Å². The second-order valence-corrected chi connectivity index (χ2v) is 6.39. The van der Waals surface area contributed by atoms with Gasteiger partial charge in [0.1, 0.15) is 0 Å². The number of nitrogen functional groups attached to an aromatic ring is 1. The van der Waals surface area contributed by atoms with Crippen LogP contribution in [0.3, 0.4) is 0 Å². The average Bonchev–Trinajstić information content (AvgIpc) is 2.45. The quantitative estimate of drug-likeness (QED) is 0.804. The minimum Gasteiger partial charge on any atom is -0.398 e. The van der Waals surface area contributed by atoms with Gasteiger partial charge >= 0.3 is 0 Å². The number of rotatable bonds is 1. The lowest BCUT2D eigenvalue weighted by molar-refractivity contribution is 0.212. The average molecular weight is 280 g/mol. The maximum Gasteiger partial charge on any atom is 0.0362 e. The lowest BCUT2D eigenvalue weighted by Crippen LogP contribution is -2.39. The molecule has 0 bridgehead atoms. The molecule has 2 atom stereocenters. The van der Waals surface area contributed by atoms with Gasteiger partial charge < -0.3 is 5.73 Å². The predicted octanol–water partition coefficient (Wildman–Crippen LogP) is 3.85. The summed E-state index contributed by atoms with van der Waals surface area (Å²) in [4.78, 5) is 2.40. The number of anilines is 1. The zero-order chi connectivity index (χ0) is 15.1. The van der Waals surface area contributed by atoms with Gasteiger partial charge in [-0.1, -0.05) is 30.3 Å². The third kappa shape index (κ3) is 2.34. The number of hydrogen-bond donors (Lipinski definition) is 1. The summed E-state index contributed by atoms with van der Waals surface area (Å²) in [5.74, 6) is 0.390. The number of hydrogen-bond acceptors (Lipinski definition) is 2. The monoisotopic (exact) mass is 280 g/mol. The van der Waals surface area contributed by atoms with Gasteiger partial charge in [-0.25, -0.2) is 0 Å². The van der Waals surface area contributed by atoms with Gasteiger partial charge in [0.25, 0.3) is 0 Å². The topological polar surface area (TPSA) is 29.3 Å². The maximum absolute atomic E-state index is 6.22. The van der Waals surface area contributed by atoms with E-state index < -0.39 is 0 Å². The molecular formula is C19H24N2. The Balaban J connectivity index is 2.16. The summed E-state index contributed by atoms with van der Waals surface area (Å²) in [5.41, 5.74) is 13.9. The Hall–Kier alpha value is -1.80. The van der Waals surface area contributed by atoms with Crippen molar-refractivity contribution in [1.82, 2.24) is 4.90 Å². The molecule has 110 valence electrons. The van der Waals surface area contributed by atoms with Crippen molar-refractivity contribution in [2.75, 3.05) is 12.8 Å². The Labute approximate surface area is 127 Å². The first-order chi connectivity index (χ1) is 9.99. The van der Waals surface area contributed by atoms with Gasteiger partial charge in [-0.2, -0.15) is 0 Å². The number of likely N-dealkylation sites (N-methyl/N-ethyl adjacent to an activating group) is 1. The molecule has 0 saturated carbocycles. The molecule has 2 unspecified atom stereocenters. The second kappa shape index (κ2) is 5.19. The third-order valence-electron chi connectivity index (χ3n) is 5.06. The van der Waals surface area contributed by atoms with Crippen molar-refractivity contribution < 1.29 is 0 Å². The lowest BCUT2D eigenvalue weighted by Gasteiger charge is -2.39. The number of benzene rings is 2. The molecule has 0 aromatic heterocycles. The molecule has 2 nitrogen and oxygen atoms in total. The Bertz CT molecular complexity index is 675. The van der Waals surface area contributed by atoms with Crippen molar-refractivity contribution in [1.29, 1.82) is 0 Å². The van der Waals surface area contributed by atoms with Crippen LogP contribution in [0.25, 0.3) is 0 Å². The highest BCUT2D eigenvalue weighted by Gasteiger charge is 2.32. The molecule has 0 radical (unpaired) electrons. The van der Waals surface area contributed by atoms with E-state index in [0.29, 0.717) is 12.0 Å². The van der Waals surface area contributed by atoms with Crippen LogP contribution in [0.5, 0.6) is 0 Å². The molecule has 0 aliphatic carbocycles. The third-order valence-corrected chi connectivity index (χ3v) is 5.06. The van der Waals surface area contributed by atoms with Crippen LogP contribution in [0.4, 0.5) is 5.69 Å². The summed E-state index contributed by atoms with van der Waals surface area (Å²) in [5, 5.41) is 0. The summed E-state index contributed by atoms with van der Waals surface area (Å²) in [7, 11) is 2.19. The highest BCUT2D eigenvalue weighted by atomic mass is 15.1. The van der Waals surface area contributed by atoms with Crippen LogP contribution in [0.15, 0.2) is 36.4 Å². The van der Waals surface area contributed by atoms with E-state index in [-0.39, 0.29) is 0 Å². The molecule has 0 spiro atoms. The van der Waals surface area contributed by atoms with Crippen LogP contribution in [-0.4, -0.2) is 18.0 Å². The zero-order valence-electron chi connectivity index (χ0n) is 13.4. The fraction of sp³-hybridized carbons (Fsp3) is 0.368. The molecule has 2 aromatic carbocycles. The first-order valence-corrected chi connectivity index (χ1v) is 7.63. The normalized spacial score (nSPS) is 22.1. The van der Waals surface area contributed by atoms with Crippen LogP contribution < -0.4 is 5.73 Å². The molecular weight excluding hydrogens is 256 g/mol. The molecule has 1 heterocycles. The summed E-state index contributed by atoms with van der Waals surface area (Å²) >= 11 is 0. The number of aryl methyl sites for hydroxylation is 2. The van der Waals surface area contributed by atoms with E-state index in [4.69, 9.17) is 5.73 Å². The predicted molar refractivity (Wildman–Crippen MR) is 89.5 cm³/mol. The van der Waals surface area contributed by atoms with E-state index in [1.54, 1.807) is 0 Å². The summed E-state index contributed by atoms with van der Waals surface area (Å²) in [6.07, 6.45) is 0. The van der Waals surface area contributed by atoms with Crippen LogP contribution in [0.1, 0.15) is 40.7 Å². The standard InChI is InChI=1S/C19H24N2/c1-12-8-9-15(10-13(12)2)19-14(3)21(4)11-17-16(19)6-5-7-18(17)20/h5-10,14,19H,11,20H2,1-4H3. The Morgan fingerprint density at radius 1 is 1.10 bits per heavy atom. The first kappa shape index (κ1) is 14.2. The van der Waals surface area contributed by atoms with Crippen LogP contribution >= 0.6 is 0 Å². The Morgan fingerprint density at radius 3 is 2.57 bits per heavy atom. The van der Waals surface area contributed by atoms with Crippen molar-refractivity contribution in [3.05, 3.63) is 64.2 Å². The van der Waals surface area contributed by atoms with Gasteiger partial charge in [0.2, 0.25) is 0 Å². The Kier molecular flexibility index (Phi) is 3.50. The molecule has 0 amide bonds. The zero-order valence-corrected chi connectivity index (χ0v) is 13.4. The minimum absolute atomic E-state index is 0.390. The summed E-state index contributed by atoms with van der Waals surface area (Å²) in [6, 6.07) is 13.7. The number of fused-ring (bicyclic) bond motifs is 1. The van der Waals surface area contributed by atoms with Gasteiger partial charge in [0, 0.05) is 24.2 Å². The smallest absolute Gasteiger partial charge is 0.0362 e. The van der Waals surface area contributed by atoms with Gasteiger partial charge in [0.15, 0.2) is 0 Å². The van der Waals surface area contributed by atoms with Gasteiger partial charge in [-0.3, -0.25) is 4.90 Å². The van der Waals surface area contributed by atoms with Crippen molar-refractivity contribution in [2.24, 2.45) is 0 Å². The largest absolute Gasteiger partial charge is 0.398 e. The van der Waals surface area contributed by atoms with E-state index >= 15 is 0 Å². The SMILES string of the molecule is Cc1ccc(C2c3cccc(N)c3CN(C)C2C)cc1C. The van der Waals surface area contributed by atoms with Crippen LogP contribution in [0, 0.1) is 13.8 Å². The first-order valence-electron chi connectivity index (χ1n) is 7.63. The fourth-order valence-corrected chi connectivity index (χ4v) is 3.42. The molecule has 3 rings (SSSR count). The molecule has 1 aliphatic rings. The Morgan fingerprint density at radius 2 is 1.86 bits per heavy atom. The number of nitrogens with two attached hydrogens (primary N) is 1. The summed E-state index contributed by atoms with van der Waals surface area (Å²) < 4.78 is 0. The van der Waals surface area contributed by atoms with Crippen LogP contribution in [-0.2, 0) is 6.54 Å². The van der Waals surface area contributed by atoms with E-state index in [1.165, 1.54) is 27.8 Å². The van der Waals surface area contributed by atoms with Gasteiger partial charge in [0.05, 0.1) is 0 Å². The molecule has 2 N–H and O–H groups in total. The second-order valence-electron chi connectivity index (χ2n) is 6.39. The van der Waals surface area contributed by atoms with Crippen LogP contribution in [0.2, 0.25) is 0 Å².